The van der Waals surface area contributed by atoms with E-state index >= 15 is 0 Å². The van der Waals surface area contributed by atoms with Crippen molar-refractivity contribution in [1.82, 2.24) is 0 Å². The molecule has 0 aliphatic carbocycles. The van der Waals surface area contributed by atoms with Crippen molar-refractivity contribution >= 4 is 0 Å². The minimum atomic E-state index is -4.32. The van der Waals surface area contributed by atoms with Gasteiger partial charge in [0.05, 0.1) is 11.7 Å². The summed E-state index contributed by atoms with van der Waals surface area (Å²) < 4.78 is 37.1. The number of hydrogen-bond donors (Lipinski definition) is 1. The SMILES string of the molecule is Cc1ccc(C(F)(F)F)cc1CC(C)O. The van der Waals surface area contributed by atoms with Gasteiger partial charge >= 0.3 is 6.18 Å². The van der Waals surface area contributed by atoms with Gasteiger partial charge in [-0.3, -0.25) is 0 Å². The maximum Gasteiger partial charge on any atom is 0.416 e. The molecule has 15 heavy (non-hydrogen) atoms. The fraction of sp³-hybridized carbons (Fsp3) is 0.455. The minimum absolute atomic E-state index is 0.246. The molecule has 1 N–H and O–H groups in total. The Morgan fingerprint density at radius 3 is 2.40 bits per heavy atom. The van der Waals surface area contributed by atoms with E-state index in [-0.39, 0.29) is 6.42 Å². The summed E-state index contributed by atoms with van der Waals surface area (Å²) in [5.74, 6) is 0. The quantitative estimate of drug-likeness (QED) is 0.809. The lowest BCUT2D eigenvalue weighted by atomic mass is 10.00. The third-order valence-electron chi connectivity index (χ3n) is 2.19. The van der Waals surface area contributed by atoms with Gasteiger partial charge in [0.25, 0.3) is 0 Å². The number of aliphatic hydroxyl groups is 1. The topological polar surface area (TPSA) is 20.2 Å². The van der Waals surface area contributed by atoms with Crippen molar-refractivity contribution in [3.8, 4) is 0 Å². The third kappa shape index (κ3) is 3.23. The predicted molar refractivity (Wildman–Crippen MR) is 51.6 cm³/mol. The first kappa shape index (κ1) is 12.0. The average Bonchev–Trinajstić information content (AvgIpc) is 2.06. The molecule has 0 heterocycles. The summed E-state index contributed by atoms with van der Waals surface area (Å²) in [6, 6.07) is 3.59. The lowest BCUT2D eigenvalue weighted by Gasteiger charge is -2.12. The van der Waals surface area contributed by atoms with Crippen LogP contribution in [0.1, 0.15) is 23.6 Å². The number of alkyl halides is 3. The smallest absolute Gasteiger partial charge is 0.393 e. The number of halogens is 3. The van der Waals surface area contributed by atoms with E-state index < -0.39 is 17.8 Å². The van der Waals surface area contributed by atoms with Gasteiger partial charge in [0.1, 0.15) is 0 Å². The molecule has 1 nitrogen and oxygen atoms in total. The van der Waals surface area contributed by atoms with Gasteiger partial charge in [-0.15, -0.1) is 0 Å². The number of aryl methyl sites for hydroxylation is 1. The fourth-order valence-electron chi connectivity index (χ4n) is 1.39. The molecule has 0 spiro atoms. The highest BCUT2D eigenvalue weighted by Crippen LogP contribution is 2.30. The first-order valence-electron chi connectivity index (χ1n) is 4.65. The second kappa shape index (κ2) is 4.23. The molecule has 0 aliphatic rings. The molecular weight excluding hydrogens is 205 g/mol. The van der Waals surface area contributed by atoms with E-state index in [4.69, 9.17) is 5.11 Å². The fourth-order valence-corrected chi connectivity index (χ4v) is 1.39. The van der Waals surface area contributed by atoms with Gasteiger partial charge in [-0.1, -0.05) is 6.07 Å². The molecule has 1 rings (SSSR count). The van der Waals surface area contributed by atoms with Gasteiger partial charge < -0.3 is 5.11 Å². The van der Waals surface area contributed by atoms with Gasteiger partial charge in [0, 0.05) is 0 Å². The van der Waals surface area contributed by atoms with Crippen LogP contribution in [0, 0.1) is 6.92 Å². The highest BCUT2D eigenvalue weighted by Gasteiger charge is 2.30. The summed E-state index contributed by atoms with van der Waals surface area (Å²) >= 11 is 0. The van der Waals surface area contributed by atoms with Crippen molar-refractivity contribution in [2.24, 2.45) is 0 Å². The molecule has 0 aliphatic heterocycles. The Hall–Kier alpha value is -1.03. The molecule has 0 bridgehead atoms. The predicted octanol–water partition coefficient (Wildman–Crippen LogP) is 2.94. The van der Waals surface area contributed by atoms with Crippen LogP contribution < -0.4 is 0 Å². The van der Waals surface area contributed by atoms with Crippen LogP contribution in [0.3, 0.4) is 0 Å². The summed E-state index contributed by atoms with van der Waals surface area (Å²) in [7, 11) is 0. The molecule has 0 fully saturated rings. The molecule has 0 amide bonds. The van der Waals surface area contributed by atoms with Crippen molar-refractivity contribution < 1.29 is 18.3 Å². The van der Waals surface area contributed by atoms with E-state index in [9.17, 15) is 13.2 Å². The average molecular weight is 218 g/mol. The number of hydrogen-bond acceptors (Lipinski definition) is 1. The van der Waals surface area contributed by atoms with Crippen molar-refractivity contribution in [3.63, 3.8) is 0 Å². The van der Waals surface area contributed by atoms with Crippen LogP contribution in [0.4, 0.5) is 13.2 Å². The summed E-state index contributed by atoms with van der Waals surface area (Å²) in [6.45, 7) is 3.29. The summed E-state index contributed by atoms with van der Waals surface area (Å²) in [4.78, 5) is 0. The lowest BCUT2D eigenvalue weighted by molar-refractivity contribution is -0.137. The van der Waals surface area contributed by atoms with Crippen molar-refractivity contribution in [2.75, 3.05) is 0 Å². The van der Waals surface area contributed by atoms with E-state index in [1.165, 1.54) is 6.07 Å². The van der Waals surface area contributed by atoms with E-state index in [0.717, 1.165) is 17.7 Å². The van der Waals surface area contributed by atoms with Gasteiger partial charge in [-0.25, -0.2) is 0 Å². The Kier molecular flexibility index (Phi) is 3.39. The number of benzene rings is 1. The second-order valence-electron chi connectivity index (χ2n) is 3.69. The zero-order valence-corrected chi connectivity index (χ0v) is 8.60. The molecular formula is C11H13F3O. The Morgan fingerprint density at radius 2 is 1.93 bits per heavy atom. The molecule has 0 saturated carbocycles. The molecule has 1 aromatic carbocycles. The first-order valence-corrected chi connectivity index (χ1v) is 4.65. The zero-order valence-electron chi connectivity index (χ0n) is 8.60. The van der Waals surface area contributed by atoms with Gasteiger partial charge in [0.2, 0.25) is 0 Å². The Labute approximate surface area is 86.5 Å². The maximum atomic E-state index is 12.4. The summed E-state index contributed by atoms with van der Waals surface area (Å²) in [6.07, 6.45) is -4.70. The molecule has 0 saturated heterocycles. The molecule has 0 aromatic heterocycles. The standard InChI is InChI=1S/C11H13F3O/c1-7-3-4-10(11(12,13)14)6-9(7)5-8(2)15/h3-4,6,8,15H,5H2,1-2H3. The lowest BCUT2D eigenvalue weighted by Crippen LogP contribution is -2.09. The number of aliphatic hydroxyl groups excluding tert-OH is 1. The normalized spacial score (nSPS) is 14.0. The highest BCUT2D eigenvalue weighted by molar-refractivity contribution is 5.33. The van der Waals surface area contributed by atoms with Crippen LogP contribution >= 0.6 is 0 Å². The Morgan fingerprint density at radius 1 is 1.33 bits per heavy atom. The Balaban J connectivity index is 3.06. The van der Waals surface area contributed by atoms with Crippen molar-refractivity contribution in [1.29, 1.82) is 0 Å². The molecule has 1 aromatic rings. The molecule has 1 unspecified atom stereocenters. The molecule has 1 atom stereocenters. The monoisotopic (exact) mass is 218 g/mol. The summed E-state index contributed by atoms with van der Waals surface area (Å²) in [5, 5.41) is 9.14. The highest BCUT2D eigenvalue weighted by atomic mass is 19.4. The Bertz CT molecular complexity index is 342. The van der Waals surface area contributed by atoms with E-state index in [1.54, 1.807) is 13.8 Å². The largest absolute Gasteiger partial charge is 0.416 e. The van der Waals surface area contributed by atoms with E-state index in [2.05, 4.69) is 0 Å². The molecule has 0 radical (unpaired) electrons. The first-order chi connectivity index (χ1) is 6.80. The van der Waals surface area contributed by atoms with E-state index in [0.29, 0.717) is 5.56 Å². The third-order valence-corrected chi connectivity index (χ3v) is 2.19. The minimum Gasteiger partial charge on any atom is -0.393 e. The van der Waals surface area contributed by atoms with Crippen LogP contribution in [0.15, 0.2) is 18.2 Å². The second-order valence-corrected chi connectivity index (χ2v) is 3.69. The van der Waals surface area contributed by atoms with Crippen LogP contribution in [-0.2, 0) is 12.6 Å². The number of rotatable bonds is 2. The van der Waals surface area contributed by atoms with Gasteiger partial charge in [-0.2, -0.15) is 13.2 Å². The maximum absolute atomic E-state index is 12.4. The molecule has 4 heteroatoms. The van der Waals surface area contributed by atoms with Crippen molar-refractivity contribution in [2.45, 2.75) is 32.5 Å². The van der Waals surface area contributed by atoms with E-state index in [1.807, 2.05) is 0 Å². The molecule has 84 valence electrons. The van der Waals surface area contributed by atoms with Crippen LogP contribution in [0.5, 0.6) is 0 Å². The van der Waals surface area contributed by atoms with Gasteiger partial charge in [0.15, 0.2) is 0 Å². The summed E-state index contributed by atoms with van der Waals surface area (Å²) in [5.41, 5.74) is 0.646. The van der Waals surface area contributed by atoms with Crippen LogP contribution in [0.2, 0.25) is 0 Å². The van der Waals surface area contributed by atoms with Crippen LogP contribution in [0.25, 0.3) is 0 Å². The zero-order chi connectivity index (χ0) is 11.6. The van der Waals surface area contributed by atoms with Crippen molar-refractivity contribution in [3.05, 3.63) is 34.9 Å². The van der Waals surface area contributed by atoms with Crippen LogP contribution in [-0.4, -0.2) is 11.2 Å². The van der Waals surface area contributed by atoms with Gasteiger partial charge in [-0.05, 0) is 43.5 Å².